The lowest BCUT2D eigenvalue weighted by Gasteiger charge is -2.24. The third kappa shape index (κ3) is 2.23. The number of benzene rings is 1. The fraction of sp³-hybridized carbons (Fsp3) is 0.538. The van der Waals surface area contributed by atoms with E-state index in [-0.39, 0.29) is 19.5 Å². The molecule has 1 saturated heterocycles. The summed E-state index contributed by atoms with van der Waals surface area (Å²) in [5, 5.41) is 9.37. The summed E-state index contributed by atoms with van der Waals surface area (Å²) in [5.74, 6) is 1.97. The molecule has 2 aliphatic heterocycles. The van der Waals surface area contributed by atoms with Crippen LogP contribution in [0.5, 0.6) is 17.2 Å². The minimum atomic E-state index is -0.0838. The molecule has 98 valence electrons. The highest BCUT2D eigenvalue weighted by atomic mass is 16.7. The lowest BCUT2D eigenvalue weighted by Crippen LogP contribution is -2.28. The molecule has 0 amide bonds. The lowest BCUT2D eigenvalue weighted by molar-refractivity contribution is 0.00654. The molecule has 0 saturated carbocycles. The minimum Gasteiger partial charge on any atom is -0.488 e. The predicted molar refractivity (Wildman–Crippen MR) is 63.0 cm³/mol. The third-order valence-electron chi connectivity index (χ3n) is 3.14. The topological polar surface area (TPSA) is 57.2 Å². The second-order valence-corrected chi connectivity index (χ2v) is 4.43. The van der Waals surface area contributed by atoms with Crippen molar-refractivity contribution in [3.8, 4) is 17.2 Å². The Morgan fingerprint density at radius 2 is 2.11 bits per heavy atom. The van der Waals surface area contributed by atoms with Gasteiger partial charge in [-0.25, -0.2) is 0 Å². The summed E-state index contributed by atoms with van der Waals surface area (Å²) in [6.45, 7) is 1.53. The van der Waals surface area contributed by atoms with Gasteiger partial charge in [-0.05, 0) is 18.9 Å². The van der Waals surface area contributed by atoms with Gasteiger partial charge in [0.25, 0.3) is 0 Å². The van der Waals surface area contributed by atoms with Gasteiger partial charge in [0.15, 0.2) is 11.5 Å². The van der Waals surface area contributed by atoms with Gasteiger partial charge < -0.3 is 24.1 Å². The van der Waals surface area contributed by atoms with Crippen molar-refractivity contribution in [2.75, 3.05) is 20.0 Å². The average Bonchev–Trinajstić information content (AvgIpc) is 2.86. The molecule has 0 spiro atoms. The quantitative estimate of drug-likeness (QED) is 0.882. The molecule has 0 aromatic heterocycles. The zero-order valence-corrected chi connectivity index (χ0v) is 10.1. The Morgan fingerprint density at radius 1 is 1.28 bits per heavy atom. The van der Waals surface area contributed by atoms with Crippen LogP contribution in [0.15, 0.2) is 12.1 Å². The zero-order valence-electron chi connectivity index (χ0n) is 10.1. The van der Waals surface area contributed by atoms with E-state index >= 15 is 0 Å². The van der Waals surface area contributed by atoms with Crippen LogP contribution in [0.25, 0.3) is 0 Å². The fourth-order valence-corrected chi connectivity index (χ4v) is 2.18. The Kier molecular flexibility index (Phi) is 3.25. The summed E-state index contributed by atoms with van der Waals surface area (Å²) in [7, 11) is 0. The molecule has 1 aromatic carbocycles. The maximum Gasteiger partial charge on any atom is 0.231 e. The molecule has 0 bridgehead atoms. The van der Waals surface area contributed by atoms with E-state index < -0.39 is 0 Å². The minimum absolute atomic E-state index is 0.0458. The summed E-state index contributed by atoms with van der Waals surface area (Å²) in [6, 6.07) is 3.55. The molecule has 1 aromatic rings. The van der Waals surface area contributed by atoms with Crippen LogP contribution in [-0.4, -0.2) is 31.2 Å². The van der Waals surface area contributed by atoms with Crippen molar-refractivity contribution in [3.05, 3.63) is 17.7 Å². The smallest absolute Gasteiger partial charge is 0.231 e. The SMILES string of the molecule is OCc1cc2c(cc1OC1CCCOC1)OCO2. The molecule has 2 aliphatic rings. The van der Waals surface area contributed by atoms with E-state index in [4.69, 9.17) is 18.9 Å². The Bertz CT molecular complexity index is 426. The predicted octanol–water partition coefficient (Wildman–Crippen LogP) is 1.47. The van der Waals surface area contributed by atoms with Crippen LogP contribution in [0.1, 0.15) is 18.4 Å². The summed E-state index contributed by atoms with van der Waals surface area (Å²) in [4.78, 5) is 0. The lowest BCUT2D eigenvalue weighted by atomic mass is 10.1. The molecule has 1 N–H and O–H groups in total. The first-order valence-corrected chi connectivity index (χ1v) is 6.14. The van der Waals surface area contributed by atoms with Gasteiger partial charge >= 0.3 is 0 Å². The summed E-state index contributed by atoms with van der Waals surface area (Å²) in [5.41, 5.74) is 0.713. The van der Waals surface area contributed by atoms with E-state index in [1.54, 1.807) is 12.1 Å². The number of hydrogen-bond acceptors (Lipinski definition) is 5. The van der Waals surface area contributed by atoms with Crippen LogP contribution in [0, 0.1) is 0 Å². The summed E-state index contributed by atoms with van der Waals surface area (Å²) >= 11 is 0. The first-order valence-electron chi connectivity index (χ1n) is 6.14. The third-order valence-corrected chi connectivity index (χ3v) is 3.14. The second-order valence-electron chi connectivity index (χ2n) is 4.43. The largest absolute Gasteiger partial charge is 0.488 e. The van der Waals surface area contributed by atoms with Crippen molar-refractivity contribution < 1.29 is 24.1 Å². The standard InChI is InChI=1S/C13H16O5/c14-6-9-4-12-13(17-8-16-12)5-11(9)18-10-2-1-3-15-7-10/h4-5,10,14H,1-3,6-8H2. The van der Waals surface area contributed by atoms with Gasteiger partial charge in [0, 0.05) is 18.2 Å². The van der Waals surface area contributed by atoms with E-state index in [2.05, 4.69) is 0 Å². The average molecular weight is 252 g/mol. The van der Waals surface area contributed by atoms with Gasteiger partial charge in [-0.15, -0.1) is 0 Å². The number of fused-ring (bicyclic) bond motifs is 1. The molecular weight excluding hydrogens is 236 g/mol. The van der Waals surface area contributed by atoms with Crippen LogP contribution in [0.3, 0.4) is 0 Å². The van der Waals surface area contributed by atoms with Crippen LogP contribution in [0.4, 0.5) is 0 Å². The summed E-state index contributed by atoms with van der Waals surface area (Å²) in [6.07, 6.45) is 2.02. The highest BCUT2D eigenvalue weighted by molar-refractivity contribution is 5.51. The van der Waals surface area contributed by atoms with E-state index in [0.717, 1.165) is 19.4 Å². The highest BCUT2D eigenvalue weighted by Gasteiger charge is 2.21. The Labute approximate surface area is 105 Å². The molecule has 1 atom stereocenters. The van der Waals surface area contributed by atoms with Gasteiger partial charge in [0.1, 0.15) is 11.9 Å². The van der Waals surface area contributed by atoms with Crippen LogP contribution in [0.2, 0.25) is 0 Å². The van der Waals surface area contributed by atoms with Crippen molar-refractivity contribution in [1.82, 2.24) is 0 Å². The van der Waals surface area contributed by atoms with Crippen LogP contribution < -0.4 is 14.2 Å². The van der Waals surface area contributed by atoms with Crippen LogP contribution in [-0.2, 0) is 11.3 Å². The maximum absolute atomic E-state index is 9.37. The van der Waals surface area contributed by atoms with Gasteiger partial charge in [-0.3, -0.25) is 0 Å². The number of aliphatic hydroxyl groups is 1. The van der Waals surface area contributed by atoms with Gasteiger partial charge in [-0.2, -0.15) is 0 Å². The van der Waals surface area contributed by atoms with E-state index in [9.17, 15) is 5.11 Å². The Balaban J connectivity index is 1.81. The summed E-state index contributed by atoms with van der Waals surface area (Å²) < 4.78 is 21.8. The maximum atomic E-state index is 9.37. The molecule has 1 unspecified atom stereocenters. The monoisotopic (exact) mass is 252 g/mol. The van der Waals surface area contributed by atoms with Crippen molar-refractivity contribution in [2.45, 2.75) is 25.6 Å². The molecule has 1 fully saturated rings. The Morgan fingerprint density at radius 3 is 2.83 bits per heavy atom. The van der Waals surface area contributed by atoms with Gasteiger partial charge in [-0.1, -0.05) is 0 Å². The van der Waals surface area contributed by atoms with Gasteiger partial charge in [0.05, 0.1) is 13.2 Å². The van der Waals surface area contributed by atoms with Crippen molar-refractivity contribution in [2.24, 2.45) is 0 Å². The van der Waals surface area contributed by atoms with Crippen molar-refractivity contribution in [1.29, 1.82) is 0 Å². The van der Waals surface area contributed by atoms with Crippen LogP contribution >= 0.6 is 0 Å². The highest BCUT2D eigenvalue weighted by Crippen LogP contribution is 2.38. The van der Waals surface area contributed by atoms with Crippen molar-refractivity contribution >= 4 is 0 Å². The molecule has 0 aliphatic carbocycles. The molecule has 18 heavy (non-hydrogen) atoms. The first kappa shape index (κ1) is 11.6. The van der Waals surface area contributed by atoms with Crippen molar-refractivity contribution in [3.63, 3.8) is 0 Å². The number of rotatable bonds is 3. The normalized spacial score (nSPS) is 21.9. The fourth-order valence-electron chi connectivity index (χ4n) is 2.18. The van der Waals surface area contributed by atoms with E-state index in [1.807, 2.05) is 0 Å². The number of aliphatic hydroxyl groups excluding tert-OH is 1. The van der Waals surface area contributed by atoms with Gasteiger partial charge in [0.2, 0.25) is 6.79 Å². The number of ether oxygens (including phenoxy) is 4. The molecular formula is C13H16O5. The number of hydrogen-bond donors (Lipinski definition) is 1. The van der Waals surface area contributed by atoms with E-state index in [0.29, 0.717) is 29.4 Å². The molecule has 3 rings (SSSR count). The molecule has 2 heterocycles. The molecule has 5 nitrogen and oxygen atoms in total. The second kappa shape index (κ2) is 5.04. The molecule has 0 radical (unpaired) electrons. The Hall–Kier alpha value is -1.46. The van der Waals surface area contributed by atoms with E-state index in [1.165, 1.54) is 0 Å². The molecule has 5 heteroatoms. The first-order chi connectivity index (χ1) is 8.86. The zero-order chi connectivity index (χ0) is 12.4.